The minimum absolute atomic E-state index is 0. The SMILES string of the molecule is C.CCOC(=O)c1cn(CC(C)C)c2cc(Cn3nc(C)cc3C)c(C(=O)O)cc2c1=O.CCOC(=O)c1cn(CC(C)C)c2cc(Cn3nc(C)cc3C)c(C(=O)OC)cc2c1=O. The average Bonchev–Trinajstić information content (AvgIpc) is 3.71. The van der Waals surface area contributed by atoms with Crippen molar-refractivity contribution in [2.45, 2.75) is 103 Å². The molecule has 1 N–H and O–H groups in total. The normalized spacial score (nSPS) is 11.1. The van der Waals surface area contributed by atoms with Crippen LogP contribution in [0, 0.1) is 39.5 Å². The molecule has 0 aliphatic rings. The number of methoxy groups -OCH3 is 1. The quantitative estimate of drug-likeness (QED) is 0.0837. The van der Waals surface area contributed by atoms with Crippen LogP contribution in [0.2, 0.25) is 0 Å². The van der Waals surface area contributed by atoms with E-state index in [0.29, 0.717) is 41.8 Å². The van der Waals surface area contributed by atoms with E-state index in [-0.39, 0.29) is 72.0 Å². The van der Waals surface area contributed by atoms with E-state index in [2.05, 4.69) is 10.2 Å². The molecule has 0 saturated carbocycles. The number of carbonyl (C=O) groups excluding carboxylic acids is 3. The number of benzene rings is 2. The molecule has 64 heavy (non-hydrogen) atoms. The number of aromatic carboxylic acids is 1. The Kier molecular flexibility index (Phi) is 16.4. The second kappa shape index (κ2) is 21.0. The number of aromatic nitrogens is 6. The summed E-state index contributed by atoms with van der Waals surface area (Å²) >= 11 is 0. The average molecular weight is 881 g/mol. The van der Waals surface area contributed by atoms with Crippen molar-refractivity contribution in [2.24, 2.45) is 11.8 Å². The van der Waals surface area contributed by atoms with Gasteiger partial charge in [0, 0.05) is 47.6 Å². The number of rotatable bonds is 14. The minimum Gasteiger partial charge on any atom is -0.478 e. The predicted molar refractivity (Wildman–Crippen MR) is 245 cm³/mol. The Morgan fingerprint density at radius 3 is 1.33 bits per heavy atom. The second-order valence-corrected chi connectivity index (χ2v) is 16.3. The molecule has 0 radical (unpaired) electrons. The number of fused-ring (bicyclic) bond motifs is 2. The first-order valence-corrected chi connectivity index (χ1v) is 20.9. The fraction of sp³-hybridized carbons (Fsp3) is 0.417. The van der Waals surface area contributed by atoms with Crippen LogP contribution in [0.1, 0.15) is 124 Å². The van der Waals surface area contributed by atoms with Crippen molar-refractivity contribution in [3.8, 4) is 0 Å². The predicted octanol–water partition coefficient (Wildman–Crippen LogP) is 7.51. The van der Waals surface area contributed by atoms with E-state index in [1.54, 1.807) is 35.5 Å². The number of hydrogen-bond acceptors (Lipinski definition) is 11. The molecular weight excluding hydrogens is 821 g/mol. The van der Waals surface area contributed by atoms with Gasteiger partial charge in [-0.2, -0.15) is 10.2 Å². The Balaban J connectivity index is 0.000000276. The second-order valence-electron chi connectivity index (χ2n) is 16.3. The molecule has 6 rings (SSSR count). The standard InChI is InChI=1S/C24H29N3O5.C23H27N3O5.CH4/c1-7-32-24(30)20-13-26(11-14(2)3)21-9-17(12-27-16(5)8-15(4)25-27)18(23(29)31-6)10-19(21)22(20)28;1-6-31-23(30)19-12-25(10-13(2)3)20-8-16(11-26-15(5)7-14(4)24-26)17(22(28)29)9-18(20)21(19)27;/h8-10,13-14H,7,11-12H2,1-6H3;7-9,12-13H,6,10-11H2,1-5H3,(H,28,29);1H4. The van der Waals surface area contributed by atoms with E-state index < -0.39 is 34.7 Å². The summed E-state index contributed by atoms with van der Waals surface area (Å²) in [5.74, 6) is -2.59. The van der Waals surface area contributed by atoms with Crippen LogP contribution >= 0.6 is 0 Å². The summed E-state index contributed by atoms with van der Waals surface area (Å²) in [6, 6.07) is 10.3. The molecule has 0 spiro atoms. The maximum absolute atomic E-state index is 13.2. The first-order valence-electron chi connectivity index (χ1n) is 20.9. The van der Waals surface area contributed by atoms with E-state index in [0.717, 1.165) is 22.8 Å². The molecule has 0 atom stereocenters. The lowest BCUT2D eigenvalue weighted by Gasteiger charge is -2.18. The number of ether oxygens (including phenoxy) is 3. The maximum Gasteiger partial charge on any atom is 0.343 e. The highest BCUT2D eigenvalue weighted by molar-refractivity contribution is 6.00. The summed E-state index contributed by atoms with van der Waals surface area (Å²) in [6.45, 7) is 21.2. The van der Waals surface area contributed by atoms with Crippen LogP contribution in [0.5, 0.6) is 0 Å². The monoisotopic (exact) mass is 880 g/mol. The number of aryl methyl sites for hydroxylation is 4. The zero-order valence-electron chi connectivity index (χ0n) is 37.8. The Hall–Kier alpha value is -6.84. The summed E-state index contributed by atoms with van der Waals surface area (Å²) in [5.41, 5.74) is 5.12. The topological polar surface area (TPSA) is 196 Å². The van der Waals surface area contributed by atoms with Gasteiger partial charge in [0.15, 0.2) is 0 Å². The van der Waals surface area contributed by atoms with Crippen molar-refractivity contribution in [1.82, 2.24) is 28.7 Å². The Bertz CT molecular complexity index is 2840. The Labute approximate surface area is 372 Å². The van der Waals surface area contributed by atoms with Crippen molar-refractivity contribution in [3.05, 3.63) is 125 Å². The third kappa shape index (κ3) is 11.0. The molecule has 6 aromatic rings. The smallest absolute Gasteiger partial charge is 0.343 e. The number of carboxylic acid groups (broad SMARTS) is 1. The number of hydrogen-bond donors (Lipinski definition) is 1. The largest absolute Gasteiger partial charge is 0.478 e. The van der Waals surface area contributed by atoms with E-state index in [1.165, 1.54) is 25.4 Å². The molecule has 16 nitrogen and oxygen atoms in total. The maximum atomic E-state index is 13.2. The third-order valence-corrected chi connectivity index (χ3v) is 10.2. The number of carboxylic acids is 1. The van der Waals surface area contributed by atoms with Gasteiger partial charge in [-0.15, -0.1) is 0 Å². The molecule has 342 valence electrons. The summed E-state index contributed by atoms with van der Waals surface area (Å²) in [6.07, 6.45) is 3.06. The lowest BCUT2D eigenvalue weighted by Crippen LogP contribution is -2.23. The van der Waals surface area contributed by atoms with Crippen LogP contribution in [-0.2, 0) is 40.4 Å². The van der Waals surface area contributed by atoms with Gasteiger partial charge in [0.1, 0.15) is 11.1 Å². The molecule has 0 fully saturated rings. The number of carbonyl (C=O) groups is 4. The van der Waals surface area contributed by atoms with Crippen molar-refractivity contribution in [1.29, 1.82) is 0 Å². The summed E-state index contributed by atoms with van der Waals surface area (Å²) in [7, 11) is 1.30. The van der Waals surface area contributed by atoms with Gasteiger partial charge in [0.05, 0.1) is 67.0 Å². The molecule has 0 unspecified atom stereocenters. The minimum atomic E-state index is -1.14. The van der Waals surface area contributed by atoms with Crippen molar-refractivity contribution >= 4 is 45.7 Å². The van der Waals surface area contributed by atoms with Gasteiger partial charge in [-0.3, -0.25) is 19.0 Å². The molecule has 0 bridgehead atoms. The zero-order chi connectivity index (χ0) is 46.4. The van der Waals surface area contributed by atoms with E-state index in [1.807, 2.05) is 82.7 Å². The molecule has 16 heteroatoms. The molecule has 0 aliphatic carbocycles. The highest BCUT2D eigenvalue weighted by Gasteiger charge is 2.24. The molecule has 2 aromatic carbocycles. The van der Waals surface area contributed by atoms with Gasteiger partial charge in [0.2, 0.25) is 10.9 Å². The van der Waals surface area contributed by atoms with E-state index in [4.69, 9.17) is 14.2 Å². The fourth-order valence-corrected chi connectivity index (χ4v) is 7.51. The van der Waals surface area contributed by atoms with Crippen molar-refractivity contribution in [2.75, 3.05) is 20.3 Å². The van der Waals surface area contributed by atoms with Gasteiger partial charge in [0.25, 0.3) is 0 Å². The highest BCUT2D eigenvalue weighted by Crippen LogP contribution is 2.25. The van der Waals surface area contributed by atoms with Crippen LogP contribution < -0.4 is 10.9 Å². The van der Waals surface area contributed by atoms with Crippen LogP contribution in [0.4, 0.5) is 0 Å². The van der Waals surface area contributed by atoms with Crippen molar-refractivity contribution < 1.29 is 38.5 Å². The zero-order valence-corrected chi connectivity index (χ0v) is 37.8. The van der Waals surface area contributed by atoms with E-state index >= 15 is 0 Å². The molecule has 0 aliphatic heterocycles. The number of nitrogens with zero attached hydrogens (tertiary/aromatic N) is 6. The summed E-state index contributed by atoms with van der Waals surface area (Å²) in [5, 5.41) is 19.2. The Morgan fingerprint density at radius 2 is 1.00 bits per heavy atom. The van der Waals surface area contributed by atoms with E-state index in [9.17, 15) is 33.9 Å². The van der Waals surface area contributed by atoms with Crippen molar-refractivity contribution in [3.63, 3.8) is 0 Å². The summed E-state index contributed by atoms with van der Waals surface area (Å²) in [4.78, 5) is 75.6. The first-order chi connectivity index (χ1) is 29.8. The van der Waals surface area contributed by atoms with Crippen LogP contribution in [0.15, 0.2) is 58.4 Å². The van der Waals surface area contributed by atoms with Crippen LogP contribution in [0.25, 0.3) is 21.8 Å². The van der Waals surface area contributed by atoms with Gasteiger partial charge in [-0.1, -0.05) is 35.1 Å². The van der Waals surface area contributed by atoms with Gasteiger partial charge >= 0.3 is 23.9 Å². The highest BCUT2D eigenvalue weighted by atomic mass is 16.5. The van der Waals surface area contributed by atoms with Crippen LogP contribution in [0.3, 0.4) is 0 Å². The summed E-state index contributed by atoms with van der Waals surface area (Å²) < 4.78 is 22.3. The molecular formula is C48H60N6O10. The van der Waals surface area contributed by atoms with Gasteiger partial charge in [-0.05, 0) is 101 Å². The van der Waals surface area contributed by atoms with Crippen LogP contribution in [-0.4, -0.2) is 78.0 Å². The fourth-order valence-electron chi connectivity index (χ4n) is 7.51. The third-order valence-electron chi connectivity index (χ3n) is 10.2. The number of pyridine rings is 2. The molecule has 0 amide bonds. The number of esters is 3. The molecule has 4 aromatic heterocycles. The lowest BCUT2D eigenvalue weighted by atomic mass is 10.0. The Morgan fingerprint density at radius 1 is 0.609 bits per heavy atom. The first kappa shape index (κ1) is 49.8. The lowest BCUT2D eigenvalue weighted by molar-refractivity contribution is 0.0514. The van der Waals surface area contributed by atoms with Gasteiger partial charge < -0.3 is 28.5 Å². The molecule has 0 saturated heterocycles. The molecule has 4 heterocycles. The van der Waals surface area contributed by atoms with Gasteiger partial charge in [-0.25, -0.2) is 19.2 Å².